The summed E-state index contributed by atoms with van der Waals surface area (Å²) in [5, 5.41) is 18.3. The number of hydrogen-bond donors (Lipinski definition) is 2. The number of quaternary nitrogens is 2. The maximum absolute atomic E-state index is 9.13. The van der Waals surface area contributed by atoms with Crippen LogP contribution >= 0.6 is 0 Å². The van der Waals surface area contributed by atoms with Gasteiger partial charge < -0.3 is 28.3 Å². The van der Waals surface area contributed by atoms with E-state index in [4.69, 9.17) is 27.7 Å². The van der Waals surface area contributed by atoms with Gasteiger partial charge in [0, 0.05) is 10.4 Å². The summed E-state index contributed by atoms with van der Waals surface area (Å²) in [4.78, 5) is 0. The molecule has 8 nitrogen and oxygen atoms in total. The van der Waals surface area contributed by atoms with Crippen LogP contribution in [0.4, 0.5) is 0 Å². The van der Waals surface area contributed by atoms with Crippen molar-refractivity contribution < 1.29 is 36.7 Å². The van der Waals surface area contributed by atoms with Crippen molar-refractivity contribution in [1.82, 2.24) is 0 Å². The van der Waals surface area contributed by atoms with Crippen molar-refractivity contribution in [2.24, 2.45) is 0 Å². The van der Waals surface area contributed by atoms with Crippen LogP contribution < -0.4 is 0 Å². The first-order chi connectivity index (χ1) is 24.4. The monoisotopic (exact) mass is 753 g/mol. The zero-order valence-electron chi connectivity index (χ0n) is 35.3. The molecule has 0 saturated carbocycles. The van der Waals surface area contributed by atoms with Crippen LogP contribution in [0, 0.1) is 0 Å². The summed E-state index contributed by atoms with van der Waals surface area (Å²) < 4.78 is 36.2. The Kier molecular flexibility index (Phi) is 44.1. The Labute approximate surface area is 320 Å². The van der Waals surface area contributed by atoms with Crippen molar-refractivity contribution in [2.75, 3.05) is 66.6 Å². The summed E-state index contributed by atoms with van der Waals surface area (Å²) in [5.41, 5.74) is 0. The van der Waals surface area contributed by atoms with E-state index in [9.17, 15) is 0 Å². The van der Waals surface area contributed by atoms with Crippen LogP contribution in [0.1, 0.15) is 207 Å². The molecule has 0 aromatic heterocycles. The number of aliphatic hydroxyl groups excluding tert-OH is 2. The second-order valence-corrected chi connectivity index (χ2v) is 16.6. The quantitative estimate of drug-likeness (QED) is 0.0284. The highest BCUT2D eigenvalue weighted by molar-refractivity contribution is 7.79. The van der Waals surface area contributed by atoms with Gasteiger partial charge in [0.2, 0.25) is 0 Å². The van der Waals surface area contributed by atoms with Crippen molar-refractivity contribution >= 4 is 10.4 Å². The second-order valence-electron chi connectivity index (χ2n) is 15.8. The average molecular weight is 753 g/mol. The van der Waals surface area contributed by atoms with Gasteiger partial charge in [0.1, 0.15) is 13.1 Å². The van der Waals surface area contributed by atoms with Gasteiger partial charge in [-0.05, 0) is 39.5 Å². The molecule has 0 aliphatic heterocycles. The fraction of sp³-hybridized carbons (Fsp3) is 1.00. The first-order valence-corrected chi connectivity index (χ1v) is 23.3. The summed E-state index contributed by atoms with van der Waals surface area (Å²) >= 11 is 0. The van der Waals surface area contributed by atoms with E-state index in [1.54, 1.807) is 0 Å². The molecule has 0 heterocycles. The SMILES string of the molecule is CCCCCCCCCCCCCCCC[N+](C)(CC)CCO.CCCCCCCCCCCCCCCC[N+](C)(CC)CCO.O=S(=O)([O-])[O-]. The minimum Gasteiger partial charge on any atom is -0.759 e. The van der Waals surface area contributed by atoms with Gasteiger partial charge in [0.25, 0.3) is 0 Å². The van der Waals surface area contributed by atoms with Gasteiger partial charge in [-0.1, -0.05) is 168 Å². The van der Waals surface area contributed by atoms with Crippen LogP contribution in [-0.2, 0) is 10.4 Å². The van der Waals surface area contributed by atoms with Gasteiger partial charge in [0.15, 0.2) is 0 Å². The Hall–Kier alpha value is -0.290. The van der Waals surface area contributed by atoms with Gasteiger partial charge in [0.05, 0.1) is 53.5 Å². The number of nitrogens with zero attached hydrogens (tertiary/aromatic N) is 2. The minimum atomic E-state index is -5.17. The van der Waals surface area contributed by atoms with Gasteiger partial charge in [-0.2, -0.15) is 0 Å². The molecule has 9 heteroatoms. The Morgan fingerprint density at radius 1 is 0.373 bits per heavy atom. The molecular formula is C42H92N2O6S. The summed E-state index contributed by atoms with van der Waals surface area (Å²) in [6.45, 7) is 16.3. The second kappa shape index (κ2) is 40.9. The number of rotatable bonds is 36. The Morgan fingerprint density at radius 2 is 0.549 bits per heavy atom. The van der Waals surface area contributed by atoms with Gasteiger partial charge in [-0.3, -0.25) is 8.42 Å². The molecule has 0 bridgehead atoms. The molecule has 51 heavy (non-hydrogen) atoms. The zero-order chi connectivity index (χ0) is 39.0. The van der Waals surface area contributed by atoms with E-state index in [-0.39, 0.29) is 0 Å². The normalized spacial score (nSPS) is 13.8. The summed E-state index contributed by atoms with van der Waals surface area (Å²) in [6.07, 6.45) is 39.9. The van der Waals surface area contributed by atoms with Crippen LogP contribution in [0.5, 0.6) is 0 Å². The van der Waals surface area contributed by atoms with E-state index in [0.717, 1.165) is 35.1 Å². The first-order valence-electron chi connectivity index (χ1n) is 21.9. The zero-order valence-corrected chi connectivity index (χ0v) is 36.1. The lowest BCUT2D eigenvalue weighted by Gasteiger charge is -2.32. The van der Waals surface area contributed by atoms with Crippen molar-refractivity contribution in [3.63, 3.8) is 0 Å². The van der Waals surface area contributed by atoms with Crippen LogP contribution in [0.2, 0.25) is 0 Å². The molecular weight excluding hydrogens is 661 g/mol. The predicted octanol–water partition coefficient (Wildman–Crippen LogP) is 10.5. The van der Waals surface area contributed by atoms with Gasteiger partial charge >= 0.3 is 0 Å². The summed E-state index contributed by atoms with van der Waals surface area (Å²) in [5.74, 6) is 0. The average Bonchev–Trinajstić information content (AvgIpc) is 3.08. The molecule has 0 aromatic carbocycles. The van der Waals surface area contributed by atoms with E-state index in [2.05, 4.69) is 41.8 Å². The Balaban J connectivity index is -0.000000796. The lowest BCUT2D eigenvalue weighted by molar-refractivity contribution is -0.908. The maximum atomic E-state index is 9.13. The number of likely N-dealkylation sites (N-methyl/N-ethyl adjacent to an activating group) is 2. The van der Waals surface area contributed by atoms with Crippen LogP contribution in [0.3, 0.4) is 0 Å². The molecule has 0 radical (unpaired) electrons. The first kappa shape index (κ1) is 55.1. The molecule has 0 aliphatic rings. The van der Waals surface area contributed by atoms with E-state index in [1.807, 2.05) is 0 Å². The van der Waals surface area contributed by atoms with Gasteiger partial charge in [-0.15, -0.1) is 0 Å². The van der Waals surface area contributed by atoms with Crippen molar-refractivity contribution in [3.8, 4) is 0 Å². The third-order valence-electron chi connectivity index (χ3n) is 10.9. The van der Waals surface area contributed by atoms with Crippen LogP contribution in [0.15, 0.2) is 0 Å². The summed E-state index contributed by atoms with van der Waals surface area (Å²) in [6, 6.07) is 0. The third kappa shape index (κ3) is 49.7. The van der Waals surface area contributed by atoms with Crippen molar-refractivity contribution in [3.05, 3.63) is 0 Å². The molecule has 2 N–H and O–H groups in total. The highest BCUT2D eigenvalue weighted by atomic mass is 32.3. The van der Waals surface area contributed by atoms with Crippen molar-refractivity contribution in [1.29, 1.82) is 0 Å². The number of unbranched alkanes of at least 4 members (excludes halogenated alkanes) is 26. The molecule has 0 saturated heterocycles. The molecule has 2 atom stereocenters. The molecule has 0 spiro atoms. The van der Waals surface area contributed by atoms with Crippen LogP contribution in [-0.4, -0.2) is 103 Å². The van der Waals surface area contributed by atoms with Crippen LogP contribution in [0.25, 0.3) is 0 Å². The Morgan fingerprint density at radius 3 is 0.706 bits per heavy atom. The lowest BCUT2D eigenvalue weighted by atomic mass is 10.0. The fourth-order valence-electron chi connectivity index (χ4n) is 6.72. The molecule has 0 aliphatic carbocycles. The van der Waals surface area contributed by atoms with E-state index < -0.39 is 10.4 Å². The van der Waals surface area contributed by atoms with E-state index in [0.29, 0.717) is 13.2 Å². The fourth-order valence-corrected chi connectivity index (χ4v) is 6.72. The predicted molar refractivity (Wildman–Crippen MR) is 218 cm³/mol. The highest BCUT2D eigenvalue weighted by Gasteiger charge is 2.18. The van der Waals surface area contributed by atoms with E-state index >= 15 is 0 Å². The summed E-state index contributed by atoms with van der Waals surface area (Å²) in [7, 11) is -0.614. The molecule has 0 amide bonds. The highest BCUT2D eigenvalue weighted by Crippen LogP contribution is 2.15. The van der Waals surface area contributed by atoms with Gasteiger partial charge in [-0.25, -0.2) is 0 Å². The smallest absolute Gasteiger partial charge is 0.102 e. The van der Waals surface area contributed by atoms with E-state index in [1.165, 1.54) is 193 Å². The number of hydrogen-bond acceptors (Lipinski definition) is 6. The topological polar surface area (TPSA) is 121 Å². The lowest BCUT2D eigenvalue weighted by Crippen LogP contribution is -2.46. The largest absolute Gasteiger partial charge is 0.759 e. The minimum absolute atomic E-state index is 0.322. The third-order valence-corrected chi connectivity index (χ3v) is 10.9. The molecule has 0 aromatic rings. The molecule has 0 fully saturated rings. The van der Waals surface area contributed by atoms with Crippen molar-refractivity contribution in [2.45, 2.75) is 207 Å². The standard InChI is InChI=1S/2C21H46NO.H2O4S/c2*1-4-6-7-8-9-10-11-12-13-14-15-16-17-18-19-22(3,5-2)20-21-23;1-5(2,3)4/h2*23H,4-21H2,1-3H3;(H2,1,2,3,4)/q2*+1;/p-2. The number of aliphatic hydroxyl groups is 2. The molecule has 0 rings (SSSR count). The maximum Gasteiger partial charge on any atom is 0.102 e. The molecule has 312 valence electrons. The Bertz CT molecular complexity index is 716. The molecule has 2 unspecified atom stereocenters.